The fourth-order valence-corrected chi connectivity index (χ4v) is 2.28. The third kappa shape index (κ3) is 4.00. The lowest BCUT2D eigenvalue weighted by Gasteiger charge is -2.29. The smallest absolute Gasteiger partial charge is 0.308 e. The largest absolute Gasteiger partial charge is 0.469 e. The van der Waals surface area contributed by atoms with Gasteiger partial charge in [0, 0.05) is 12.0 Å². The van der Waals surface area contributed by atoms with Crippen molar-refractivity contribution >= 4 is 11.9 Å². The molecule has 1 atom stereocenters. The molecule has 4 nitrogen and oxygen atoms in total. The number of hydrogen-bond acceptors (Lipinski definition) is 3. The summed E-state index contributed by atoms with van der Waals surface area (Å²) in [6, 6.07) is 0.222. The van der Waals surface area contributed by atoms with E-state index in [0.29, 0.717) is 5.92 Å². The average Bonchev–Trinajstić information content (AvgIpc) is 2.37. The molecule has 0 aromatic carbocycles. The molecule has 4 heteroatoms. The second-order valence-electron chi connectivity index (χ2n) is 5.61. The maximum Gasteiger partial charge on any atom is 0.308 e. The first-order chi connectivity index (χ1) is 8.45. The van der Waals surface area contributed by atoms with Gasteiger partial charge in [-0.2, -0.15) is 0 Å². The number of carbonyl (C=O) groups is 2. The molecule has 0 bridgehead atoms. The summed E-state index contributed by atoms with van der Waals surface area (Å²) >= 11 is 0. The molecular formula is C14H25NO3. The predicted molar refractivity (Wildman–Crippen MR) is 69.9 cm³/mol. The van der Waals surface area contributed by atoms with Crippen molar-refractivity contribution < 1.29 is 14.3 Å². The molecular weight excluding hydrogens is 230 g/mol. The van der Waals surface area contributed by atoms with Crippen LogP contribution in [0, 0.1) is 17.8 Å². The van der Waals surface area contributed by atoms with Crippen LogP contribution in [0.2, 0.25) is 0 Å². The molecule has 1 saturated carbocycles. The quantitative estimate of drug-likeness (QED) is 0.783. The Bertz CT molecular complexity index is 293. The van der Waals surface area contributed by atoms with Crippen LogP contribution in [0.4, 0.5) is 0 Å². The van der Waals surface area contributed by atoms with E-state index >= 15 is 0 Å². The van der Waals surface area contributed by atoms with Gasteiger partial charge in [-0.25, -0.2) is 0 Å². The first kappa shape index (κ1) is 15.0. The highest BCUT2D eigenvalue weighted by molar-refractivity contribution is 5.79. The van der Waals surface area contributed by atoms with Crippen LogP contribution in [0.5, 0.6) is 0 Å². The number of nitrogens with one attached hydrogen (secondary N) is 1. The summed E-state index contributed by atoms with van der Waals surface area (Å²) in [7, 11) is 1.43. The summed E-state index contributed by atoms with van der Waals surface area (Å²) in [5, 5.41) is 3.09. The standard InChI is InChI=1S/C14H25NO3/c1-9(2)10(3)13(16)15-12-7-5-11(6-8-12)14(17)18-4/h9-12H,5-8H2,1-4H3,(H,15,16). The van der Waals surface area contributed by atoms with E-state index in [1.807, 2.05) is 6.92 Å². The van der Waals surface area contributed by atoms with E-state index in [1.165, 1.54) is 7.11 Å². The molecule has 18 heavy (non-hydrogen) atoms. The normalized spacial score (nSPS) is 25.6. The van der Waals surface area contributed by atoms with Crippen molar-refractivity contribution in [2.24, 2.45) is 17.8 Å². The summed E-state index contributed by atoms with van der Waals surface area (Å²) in [6.07, 6.45) is 3.37. The monoisotopic (exact) mass is 255 g/mol. The van der Waals surface area contributed by atoms with Gasteiger partial charge >= 0.3 is 5.97 Å². The third-order valence-electron chi connectivity index (χ3n) is 4.02. The molecule has 0 radical (unpaired) electrons. The van der Waals surface area contributed by atoms with Gasteiger partial charge in [-0.3, -0.25) is 9.59 Å². The molecule has 1 fully saturated rings. The van der Waals surface area contributed by atoms with Gasteiger partial charge in [0.05, 0.1) is 13.0 Å². The second-order valence-corrected chi connectivity index (χ2v) is 5.61. The number of methoxy groups -OCH3 is 1. The number of amides is 1. The van der Waals surface area contributed by atoms with Crippen LogP contribution in [-0.4, -0.2) is 25.0 Å². The molecule has 1 aliphatic rings. The zero-order valence-corrected chi connectivity index (χ0v) is 11.9. The molecule has 0 spiro atoms. The summed E-state index contributed by atoms with van der Waals surface area (Å²) in [5.74, 6) is 0.437. The van der Waals surface area contributed by atoms with Crippen LogP contribution >= 0.6 is 0 Å². The van der Waals surface area contributed by atoms with Crippen molar-refractivity contribution in [2.75, 3.05) is 7.11 Å². The van der Waals surface area contributed by atoms with Crippen LogP contribution in [-0.2, 0) is 14.3 Å². The minimum atomic E-state index is -0.115. The molecule has 1 amide bonds. The van der Waals surface area contributed by atoms with E-state index < -0.39 is 0 Å². The average molecular weight is 255 g/mol. The molecule has 1 rings (SSSR count). The van der Waals surface area contributed by atoms with E-state index in [4.69, 9.17) is 4.74 Å². The number of esters is 1. The van der Waals surface area contributed by atoms with Gasteiger partial charge in [-0.15, -0.1) is 0 Å². The van der Waals surface area contributed by atoms with Gasteiger partial charge in [-0.1, -0.05) is 20.8 Å². The Balaban J connectivity index is 2.36. The van der Waals surface area contributed by atoms with Gasteiger partial charge in [0.25, 0.3) is 0 Å². The van der Waals surface area contributed by atoms with Crippen molar-refractivity contribution in [1.82, 2.24) is 5.32 Å². The van der Waals surface area contributed by atoms with Crippen LogP contribution in [0.3, 0.4) is 0 Å². The first-order valence-electron chi connectivity index (χ1n) is 6.84. The highest BCUT2D eigenvalue weighted by atomic mass is 16.5. The number of ether oxygens (including phenoxy) is 1. The molecule has 0 saturated heterocycles. The van der Waals surface area contributed by atoms with Crippen molar-refractivity contribution in [3.05, 3.63) is 0 Å². The van der Waals surface area contributed by atoms with Crippen molar-refractivity contribution in [3.63, 3.8) is 0 Å². The van der Waals surface area contributed by atoms with E-state index in [1.54, 1.807) is 0 Å². The Morgan fingerprint density at radius 2 is 1.67 bits per heavy atom. The highest BCUT2D eigenvalue weighted by Crippen LogP contribution is 2.25. The summed E-state index contributed by atoms with van der Waals surface area (Å²) in [6.45, 7) is 6.07. The Hall–Kier alpha value is -1.06. The summed E-state index contributed by atoms with van der Waals surface area (Å²) in [4.78, 5) is 23.3. The lowest BCUT2D eigenvalue weighted by Crippen LogP contribution is -2.42. The van der Waals surface area contributed by atoms with E-state index in [-0.39, 0.29) is 29.8 Å². The van der Waals surface area contributed by atoms with Crippen molar-refractivity contribution in [2.45, 2.75) is 52.5 Å². The molecule has 0 heterocycles. The fraction of sp³-hybridized carbons (Fsp3) is 0.857. The van der Waals surface area contributed by atoms with Crippen LogP contribution in [0.15, 0.2) is 0 Å². The molecule has 0 aromatic rings. The SMILES string of the molecule is COC(=O)C1CCC(NC(=O)C(C)C(C)C)CC1. The molecule has 0 aromatic heterocycles. The zero-order valence-electron chi connectivity index (χ0n) is 11.9. The van der Waals surface area contributed by atoms with Crippen LogP contribution in [0.1, 0.15) is 46.5 Å². The predicted octanol–water partition coefficient (Wildman–Crippen LogP) is 2.13. The number of rotatable bonds is 4. The fourth-order valence-electron chi connectivity index (χ4n) is 2.28. The van der Waals surface area contributed by atoms with E-state index in [9.17, 15) is 9.59 Å². The van der Waals surface area contributed by atoms with Crippen LogP contribution < -0.4 is 5.32 Å². The van der Waals surface area contributed by atoms with Crippen LogP contribution in [0.25, 0.3) is 0 Å². The second kappa shape index (κ2) is 6.76. The van der Waals surface area contributed by atoms with Crippen molar-refractivity contribution in [1.29, 1.82) is 0 Å². The maximum absolute atomic E-state index is 11.9. The minimum absolute atomic E-state index is 0.0191. The Morgan fingerprint density at radius 3 is 2.11 bits per heavy atom. The van der Waals surface area contributed by atoms with Gasteiger partial charge in [0.15, 0.2) is 0 Å². The zero-order chi connectivity index (χ0) is 13.7. The number of hydrogen-bond donors (Lipinski definition) is 1. The molecule has 1 aliphatic carbocycles. The van der Waals surface area contributed by atoms with Gasteiger partial charge in [0.2, 0.25) is 5.91 Å². The summed E-state index contributed by atoms with van der Waals surface area (Å²) in [5.41, 5.74) is 0. The Morgan fingerprint density at radius 1 is 1.11 bits per heavy atom. The maximum atomic E-state index is 11.9. The summed E-state index contributed by atoms with van der Waals surface area (Å²) < 4.78 is 4.75. The highest BCUT2D eigenvalue weighted by Gasteiger charge is 2.28. The Labute approximate surface area is 109 Å². The Kier molecular flexibility index (Phi) is 5.63. The molecule has 1 N–H and O–H groups in total. The van der Waals surface area contributed by atoms with E-state index in [2.05, 4.69) is 19.2 Å². The van der Waals surface area contributed by atoms with Crippen molar-refractivity contribution in [3.8, 4) is 0 Å². The lowest BCUT2D eigenvalue weighted by molar-refractivity contribution is -0.146. The van der Waals surface area contributed by atoms with E-state index in [0.717, 1.165) is 25.7 Å². The molecule has 104 valence electrons. The van der Waals surface area contributed by atoms with Gasteiger partial charge < -0.3 is 10.1 Å². The van der Waals surface area contributed by atoms with Gasteiger partial charge in [0.1, 0.15) is 0 Å². The first-order valence-corrected chi connectivity index (χ1v) is 6.84. The van der Waals surface area contributed by atoms with Gasteiger partial charge in [-0.05, 0) is 31.6 Å². The molecule has 1 unspecified atom stereocenters. The number of carbonyl (C=O) groups excluding carboxylic acids is 2. The lowest BCUT2D eigenvalue weighted by atomic mass is 9.85. The molecule has 0 aliphatic heterocycles. The third-order valence-corrected chi connectivity index (χ3v) is 4.02. The topological polar surface area (TPSA) is 55.4 Å². The minimum Gasteiger partial charge on any atom is -0.469 e.